The van der Waals surface area contributed by atoms with Crippen LogP contribution in [-0.4, -0.2) is 44.8 Å². The van der Waals surface area contributed by atoms with E-state index in [1.165, 1.54) is 6.92 Å². The van der Waals surface area contributed by atoms with E-state index in [1.54, 1.807) is 12.4 Å². The van der Waals surface area contributed by atoms with E-state index in [0.717, 1.165) is 47.7 Å². The molecular weight excluding hydrogens is 330 g/mol. The first kappa shape index (κ1) is 16.5. The predicted octanol–water partition coefficient (Wildman–Crippen LogP) is 2.32. The van der Waals surface area contributed by atoms with Crippen molar-refractivity contribution in [3.8, 4) is 11.1 Å². The highest BCUT2D eigenvalue weighted by Gasteiger charge is 2.26. The van der Waals surface area contributed by atoms with E-state index >= 15 is 0 Å². The number of anilines is 2. The summed E-state index contributed by atoms with van der Waals surface area (Å²) >= 11 is 0. The third kappa shape index (κ3) is 2.90. The fourth-order valence-electron chi connectivity index (χ4n) is 3.59. The minimum atomic E-state index is -0.105. The van der Waals surface area contributed by atoms with Gasteiger partial charge in [0, 0.05) is 30.9 Å². The lowest BCUT2D eigenvalue weighted by atomic mass is 10.1. The molecule has 0 bridgehead atoms. The quantitative estimate of drug-likeness (QED) is 0.754. The van der Waals surface area contributed by atoms with Gasteiger partial charge in [-0.3, -0.25) is 4.79 Å². The van der Waals surface area contributed by atoms with Gasteiger partial charge in [-0.25, -0.2) is 4.98 Å². The van der Waals surface area contributed by atoms with Crippen molar-refractivity contribution in [3.63, 3.8) is 0 Å². The molecule has 1 amide bonds. The molecule has 0 unspecified atom stereocenters. The van der Waals surface area contributed by atoms with Crippen LogP contribution in [0, 0.1) is 0 Å². The van der Waals surface area contributed by atoms with Crippen molar-refractivity contribution in [2.75, 3.05) is 23.4 Å². The highest BCUT2D eigenvalue weighted by molar-refractivity contribution is 5.90. The van der Waals surface area contributed by atoms with Crippen LogP contribution in [0.2, 0.25) is 0 Å². The fourth-order valence-corrected chi connectivity index (χ4v) is 3.59. The summed E-state index contributed by atoms with van der Waals surface area (Å²) in [4.78, 5) is 18.0. The first-order chi connectivity index (χ1) is 12.7. The molecule has 2 N–H and O–H groups in total. The smallest absolute Gasteiger partial charge is 0.221 e. The monoisotopic (exact) mass is 351 g/mol. The van der Waals surface area contributed by atoms with Gasteiger partial charge in [0.1, 0.15) is 5.82 Å². The molecule has 0 radical (unpaired) electrons. The van der Waals surface area contributed by atoms with Gasteiger partial charge >= 0.3 is 0 Å². The minimum Gasteiger partial charge on any atom is -0.394 e. The highest BCUT2D eigenvalue weighted by Crippen LogP contribution is 2.30. The van der Waals surface area contributed by atoms with E-state index in [4.69, 9.17) is 0 Å². The number of amides is 1. The van der Waals surface area contributed by atoms with Crippen molar-refractivity contribution >= 4 is 23.1 Å². The van der Waals surface area contributed by atoms with Crippen molar-refractivity contribution in [3.05, 3.63) is 42.7 Å². The number of nitrogens with zero attached hydrogens (tertiary/aromatic N) is 4. The summed E-state index contributed by atoms with van der Waals surface area (Å²) < 4.78 is 1.83. The van der Waals surface area contributed by atoms with E-state index in [2.05, 4.69) is 20.3 Å². The Labute approximate surface area is 151 Å². The van der Waals surface area contributed by atoms with Crippen molar-refractivity contribution in [2.45, 2.75) is 25.8 Å². The molecule has 7 heteroatoms. The summed E-state index contributed by atoms with van der Waals surface area (Å²) in [6.07, 6.45) is 5.61. The topological polar surface area (TPSA) is 82.8 Å². The Kier molecular flexibility index (Phi) is 4.30. The number of nitrogens with one attached hydrogen (secondary N) is 1. The maximum Gasteiger partial charge on any atom is 0.221 e. The van der Waals surface area contributed by atoms with Crippen molar-refractivity contribution in [2.24, 2.45) is 0 Å². The van der Waals surface area contributed by atoms with Crippen LogP contribution in [0.15, 0.2) is 42.7 Å². The number of aliphatic hydroxyl groups is 1. The van der Waals surface area contributed by atoms with Gasteiger partial charge in [-0.1, -0.05) is 12.1 Å². The van der Waals surface area contributed by atoms with Crippen molar-refractivity contribution < 1.29 is 9.90 Å². The van der Waals surface area contributed by atoms with Crippen LogP contribution in [0.3, 0.4) is 0 Å². The van der Waals surface area contributed by atoms with Crippen LogP contribution < -0.4 is 10.2 Å². The summed E-state index contributed by atoms with van der Waals surface area (Å²) in [5.74, 6) is 0.835. The zero-order valence-corrected chi connectivity index (χ0v) is 14.6. The van der Waals surface area contributed by atoms with Gasteiger partial charge in [0.15, 0.2) is 5.65 Å². The molecule has 3 heterocycles. The van der Waals surface area contributed by atoms with E-state index < -0.39 is 0 Å². The predicted molar refractivity (Wildman–Crippen MR) is 100 cm³/mol. The van der Waals surface area contributed by atoms with Gasteiger partial charge in [0.05, 0.1) is 18.8 Å². The molecule has 2 aromatic heterocycles. The largest absolute Gasteiger partial charge is 0.394 e. The number of aromatic nitrogens is 3. The van der Waals surface area contributed by atoms with Gasteiger partial charge in [-0.2, -0.15) is 9.61 Å². The third-order valence-corrected chi connectivity index (χ3v) is 4.76. The Morgan fingerprint density at radius 2 is 2.27 bits per heavy atom. The minimum absolute atomic E-state index is 0.105. The second kappa shape index (κ2) is 6.76. The second-order valence-electron chi connectivity index (χ2n) is 6.53. The second-order valence-corrected chi connectivity index (χ2v) is 6.53. The first-order valence-electron chi connectivity index (χ1n) is 8.75. The molecule has 26 heavy (non-hydrogen) atoms. The molecule has 7 nitrogen and oxygen atoms in total. The normalized spacial score (nSPS) is 17.0. The Morgan fingerprint density at radius 3 is 3.08 bits per heavy atom. The summed E-state index contributed by atoms with van der Waals surface area (Å²) in [5.41, 5.74) is 3.34. The molecule has 0 saturated carbocycles. The number of rotatable bonds is 4. The molecule has 3 aromatic rings. The lowest BCUT2D eigenvalue weighted by Crippen LogP contribution is -2.33. The van der Waals surface area contributed by atoms with Crippen LogP contribution in [0.1, 0.15) is 19.8 Å². The standard InChI is InChI=1S/C19H21N5O2/c1-13(26)22-15-5-2-4-14(10-15)17-11-21-24-18(7-8-20-19(17)24)23-9-3-6-16(23)12-25/h2,4-5,7-8,10-11,16,25H,3,6,9,12H2,1H3,(H,22,26)/t16-/m0/s1. The molecule has 1 aliphatic heterocycles. The number of fused-ring (bicyclic) bond motifs is 1. The van der Waals surface area contributed by atoms with Gasteiger partial charge in [0.25, 0.3) is 0 Å². The van der Waals surface area contributed by atoms with E-state index in [0.29, 0.717) is 0 Å². The summed E-state index contributed by atoms with van der Waals surface area (Å²) in [7, 11) is 0. The Balaban J connectivity index is 1.77. The molecule has 0 aliphatic carbocycles. The Morgan fingerprint density at radius 1 is 1.38 bits per heavy atom. The fraction of sp³-hybridized carbons (Fsp3) is 0.316. The average Bonchev–Trinajstić information content (AvgIpc) is 3.28. The van der Waals surface area contributed by atoms with Crippen molar-refractivity contribution in [1.82, 2.24) is 14.6 Å². The average molecular weight is 351 g/mol. The molecule has 4 rings (SSSR count). The number of hydrogen-bond donors (Lipinski definition) is 2. The molecular formula is C19H21N5O2. The zero-order valence-electron chi connectivity index (χ0n) is 14.6. The number of carbonyl (C=O) groups excluding carboxylic acids is 1. The van der Waals surface area contributed by atoms with Crippen LogP contribution in [0.4, 0.5) is 11.5 Å². The van der Waals surface area contributed by atoms with E-state index in [-0.39, 0.29) is 18.6 Å². The molecule has 134 valence electrons. The summed E-state index contributed by atoms with van der Waals surface area (Å²) in [6, 6.07) is 9.70. The molecule has 0 spiro atoms. The van der Waals surface area contributed by atoms with Gasteiger partial charge in [-0.15, -0.1) is 0 Å². The van der Waals surface area contributed by atoms with Crippen LogP contribution >= 0.6 is 0 Å². The van der Waals surface area contributed by atoms with Crippen LogP contribution in [0.25, 0.3) is 16.8 Å². The van der Waals surface area contributed by atoms with E-state index in [1.807, 2.05) is 34.8 Å². The first-order valence-corrected chi connectivity index (χ1v) is 8.75. The Bertz CT molecular complexity index is 952. The number of benzene rings is 1. The molecule has 1 saturated heterocycles. The Hall–Kier alpha value is -2.93. The lowest BCUT2D eigenvalue weighted by Gasteiger charge is -2.25. The lowest BCUT2D eigenvalue weighted by molar-refractivity contribution is -0.114. The summed E-state index contributed by atoms with van der Waals surface area (Å²) in [5, 5.41) is 17.0. The maximum atomic E-state index is 11.3. The number of hydrogen-bond acceptors (Lipinski definition) is 5. The zero-order chi connectivity index (χ0) is 18.1. The van der Waals surface area contributed by atoms with Gasteiger partial charge in [-0.05, 0) is 36.6 Å². The molecule has 1 fully saturated rings. The van der Waals surface area contributed by atoms with Crippen molar-refractivity contribution in [1.29, 1.82) is 0 Å². The van der Waals surface area contributed by atoms with Crippen LogP contribution in [0.5, 0.6) is 0 Å². The molecule has 1 aliphatic rings. The highest BCUT2D eigenvalue weighted by atomic mass is 16.3. The SMILES string of the molecule is CC(=O)Nc1cccc(-c2cnn3c(N4CCC[C@H]4CO)ccnc23)c1. The van der Waals surface area contributed by atoms with Gasteiger partial charge < -0.3 is 15.3 Å². The van der Waals surface area contributed by atoms with E-state index in [9.17, 15) is 9.90 Å². The molecule has 1 atom stereocenters. The summed E-state index contributed by atoms with van der Waals surface area (Å²) in [6.45, 7) is 2.53. The number of carbonyl (C=O) groups is 1. The van der Waals surface area contributed by atoms with Gasteiger partial charge in [0.2, 0.25) is 5.91 Å². The number of aliphatic hydroxyl groups excluding tert-OH is 1. The maximum absolute atomic E-state index is 11.3. The third-order valence-electron chi connectivity index (χ3n) is 4.76. The van der Waals surface area contributed by atoms with Crippen LogP contribution in [-0.2, 0) is 4.79 Å². The molecule has 1 aromatic carbocycles.